The molecule has 0 saturated carbocycles. The molecule has 1 saturated heterocycles. The van der Waals surface area contributed by atoms with Crippen molar-refractivity contribution in [2.75, 3.05) is 33.2 Å². The van der Waals surface area contributed by atoms with Gasteiger partial charge in [0, 0.05) is 6.04 Å². The van der Waals surface area contributed by atoms with E-state index in [-0.39, 0.29) is 0 Å². The number of unbranched alkanes of at least 4 members (excludes halogenated alkanes) is 1. The largest absolute Gasteiger partial charge is 0.481 e. The van der Waals surface area contributed by atoms with Gasteiger partial charge in [0.25, 0.3) is 0 Å². The molecule has 4 nitrogen and oxygen atoms in total. The fourth-order valence-electron chi connectivity index (χ4n) is 2.89. The molecule has 1 rings (SSSR count). The number of rotatable bonds is 8. The van der Waals surface area contributed by atoms with E-state index in [0.29, 0.717) is 6.04 Å². The van der Waals surface area contributed by atoms with Crippen molar-refractivity contribution >= 4 is 5.97 Å². The summed E-state index contributed by atoms with van der Waals surface area (Å²) in [5.41, 5.74) is -0.578. The van der Waals surface area contributed by atoms with E-state index in [9.17, 15) is 4.79 Å². The number of carbonyl (C=O) groups is 1. The molecule has 4 heteroatoms. The molecule has 0 bridgehead atoms. The minimum absolute atomic E-state index is 0.578. The highest BCUT2D eigenvalue weighted by Gasteiger charge is 2.26. The van der Waals surface area contributed by atoms with Gasteiger partial charge in [-0.2, -0.15) is 0 Å². The van der Waals surface area contributed by atoms with Crippen molar-refractivity contribution in [1.82, 2.24) is 9.80 Å². The van der Waals surface area contributed by atoms with Crippen LogP contribution in [0.25, 0.3) is 0 Å². The predicted octanol–water partition coefficient (Wildman–Crippen LogP) is 2.68. The molecule has 0 aromatic rings. The summed E-state index contributed by atoms with van der Waals surface area (Å²) in [7, 11) is 2.22. The van der Waals surface area contributed by atoms with Crippen LogP contribution in [0.5, 0.6) is 0 Å². The normalized spacial score (nSPS) is 18.6. The highest BCUT2D eigenvalue weighted by Crippen LogP contribution is 2.23. The summed E-state index contributed by atoms with van der Waals surface area (Å²) >= 11 is 0. The first-order chi connectivity index (χ1) is 9.36. The first-order valence-electron chi connectivity index (χ1n) is 8.03. The average Bonchev–Trinajstić information content (AvgIpc) is 2.43. The van der Waals surface area contributed by atoms with Crippen molar-refractivity contribution in [3.63, 3.8) is 0 Å². The number of likely N-dealkylation sites (tertiary alicyclic amines) is 1. The standard InChI is InChI=1S/C16H32N2O2/c1-5-18-12-8-14(9-13-18)17(4)11-7-6-10-16(2,3)15(19)20/h14H,5-13H2,1-4H3,(H,19,20). The quantitative estimate of drug-likeness (QED) is 0.696. The van der Waals surface area contributed by atoms with Gasteiger partial charge in [0.2, 0.25) is 0 Å². The molecule has 0 aliphatic carbocycles. The summed E-state index contributed by atoms with van der Waals surface area (Å²) < 4.78 is 0. The van der Waals surface area contributed by atoms with Crippen molar-refractivity contribution in [3.8, 4) is 0 Å². The van der Waals surface area contributed by atoms with Crippen molar-refractivity contribution in [1.29, 1.82) is 0 Å². The van der Waals surface area contributed by atoms with Crippen LogP contribution in [0.3, 0.4) is 0 Å². The molecule has 0 amide bonds. The number of hydrogen-bond donors (Lipinski definition) is 1. The number of carboxylic acid groups (broad SMARTS) is 1. The second-order valence-corrected chi connectivity index (χ2v) is 6.79. The summed E-state index contributed by atoms with van der Waals surface area (Å²) in [5, 5.41) is 9.09. The number of aliphatic carboxylic acids is 1. The van der Waals surface area contributed by atoms with Crippen molar-refractivity contribution < 1.29 is 9.90 Å². The van der Waals surface area contributed by atoms with Crippen LogP contribution in [0.1, 0.15) is 52.9 Å². The van der Waals surface area contributed by atoms with Gasteiger partial charge in [-0.15, -0.1) is 0 Å². The number of nitrogens with zero attached hydrogens (tertiary/aromatic N) is 2. The molecular formula is C16H32N2O2. The molecule has 118 valence electrons. The zero-order valence-electron chi connectivity index (χ0n) is 13.7. The van der Waals surface area contributed by atoms with Gasteiger partial charge in [0.15, 0.2) is 0 Å². The second-order valence-electron chi connectivity index (χ2n) is 6.79. The lowest BCUT2D eigenvalue weighted by molar-refractivity contribution is -0.147. The second kappa shape index (κ2) is 7.99. The van der Waals surface area contributed by atoms with Crippen molar-refractivity contribution in [3.05, 3.63) is 0 Å². The minimum atomic E-state index is -0.683. The van der Waals surface area contributed by atoms with Crippen LogP contribution in [0.15, 0.2) is 0 Å². The maximum Gasteiger partial charge on any atom is 0.309 e. The monoisotopic (exact) mass is 284 g/mol. The van der Waals surface area contributed by atoms with Crippen molar-refractivity contribution in [2.45, 2.75) is 58.9 Å². The molecular weight excluding hydrogens is 252 g/mol. The third-order valence-electron chi connectivity index (χ3n) is 4.77. The van der Waals surface area contributed by atoms with E-state index in [2.05, 4.69) is 23.8 Å². The lowest BCUT2D eigenvalue weighted by atomic mass is 9.87. The topological polar surface area (TPSA) is 43.8 Å². The highest BCUT2D eigenvalue weighted by molar-refractivity contribution is 5.73. The van der Waals surface area contributed by atoms with Gasteiger partial charge in [-0.1, -0.05) is 13.3 Å². The summed E-state index contributed by atoms with van der Waals surface area (Å²) in [4.78, 5) is 16.0. The summed E-state index contributed by atoms with van der Waals surface area (Å²) in [6.07, 6.45) is 5.40. The van der Waals surface area contributed by atoms with E-state index >= 15 is 0 Å². The van der Waals surface area contributed by atoms with E-state index in [4.69, 9.17) is 5.11 Å². The smallest absolute Gasteiger partial charge is 0.309 e. The zero-order chi connectivity index (χ0) is 15.2. The Hall–Kier alpha value is -0.610. The molecule has 0 radical (unpaired) electrons. The Balaban J connectivity index is 2.18. The Morgan fingerprint density at radius 2 is 1.90 bits per heavy atom. The third-order valence-corrected chi connectivity index (χ3v) is 4.77. The first kappa shape index (κ1) is 17.4. The van der Waals surface area contributed by atoms with Crippen LogP contribution in [0.2, 0.25) is 0 Å². The molecule has 20 heavy (non-hydrogen) atoms. The van der Waals surface area contributed by atoms with Gasteiger partial charge in [-0.25, -0.2) is 0 Å². The van der Waals surface area contributed by atoms with Gasteiger partial charge in [0.1, 0.15) is 0 Å². The Bertz CT molecular complexity index is 297. The molecule has 1 aliphatic heterocycles. The molecule has 0 atom stereocenters. The van der Waals surface area contributed by atoms with E-state index < -0.39 is 11.4 Å². The first-order valence-corrected chi connectivity index (χ1v) is 8.03. The Morgan fingerprint density at radius 1 is 1.30 bits per heavy atom. The number of hydrogen-bond acceptors (Lipinski definition) is 3. The maximum absolute atomic E-state index is 11.0. The van der Waals surface area contributed by atoms with Crippen LogP contribution in [-0.2, 0) is 4.79 Å². The Kier molecular flexibility index (Phi) is 6.96. The molecule has 1 N–H and O–H groups in total. The van der Waals surface area contributed by atoms with Gasteiger partial charge in [0.05, 0.1) is 5.41 Å². The fourth-order valence-corrected chi connectivity index (χ4v) is 2.89. The maximum atomic E-state index is 11.0. The zero-order valence-corrected chi connectivity index (χ0v) is 13.7. The number of carboxylic acids is 1. The summed E-state index contributed by atoms with van der Waals surface area (Å²) in [6, 6.07) is 0.713. The van der Waals surface area contributed by atoms with Crippen LogP contribution in [-0.4, -0.2) is 60.1 Å². The predicted molar refractivity (Wildman–Crippen MR) is 83.0 cm³/mol. The SMILES string of the molecule is CCN1CCC(N(C)CCCCC(C)(C)C(=O)O)CC1. The Labute approximate surface area is 124 Å². The molecule has 1 fully saturated rings. The summed E-state index contributed by atoms with van der Waals surface area (Å²) in [6.45, 7) is 10.6. The molecule has 0 spiro atoms. The van der Waals surface area contributed by atoms with Gasteiger partial charge in [-0.05, 0) is 72.8 Å². The van der Waals surface area contributed by atoms with E-state index in [1.807, 2.05) is 13.8 Å². The van der Waals surface area contributed by atoms with Crippen molar-refractivity contribution in [2.24, 2.45) is 5.41 Å². The van der Waals surface area contributed by atoms with Crippen LogP contribution >= 0.6 is 0 Å². The van der Waals surface area contributed by atoms with Gasteiger partial charge >= 0.3 is 5.97 Å². The molecule has 0 unspecified atom stereocenters. The van der Waals surface area contributed by atoms with E-state index in [1.54, 1.807) is 0 Å². The summed E-state index contributed by atoms with van der Waals surface area (Å²) in [5.74, 6) is -0.683. The van der Waals surface area contributed by atoms with Crippen LogP contribution < -0.4 is 0 Å². The molecule has 0 aromatic heterocycles. The molecule has 0 aromatic carbocycles. The average molecular weight is 284 g/mol. The van der Waals surface area contributed by atoms with Gasteiger partial charge in [-0.3, -0.25) is 4.79 Å². The van der Waals surface area contributed by atoms with Crippen LogP contribution in [0.4, 0.5) is 0 Å². The van der Waals surface area contributed by atoms with Gasteiger partial charge < -0.3 is 14.9 Å². The third kappa shape index (κ3) is 5.41. The Morgan fingerprint density at radius 3 is 2.40 bits per heavy atom. The van der Waals surface area contributed by atoms with Crippen LogP contribution in [0, 0.1) is 5.41 Å². The number of piperidine rings is 1. The molecule has 1 aliphatic rings. The van der Waals surface area contributed by atoms with E-state index in [0.717, 1.165) is 25.8 Å². The van der Waals surface area contributed by atoms with E-state index in [1.165, 1.54) is 32.5 Å². The minimum Gasteiger partial charge on any atom is -0.481 e. The fraction of sp³-hybridized carbons (Fsp3) is 0.938. The molecule has 1 heterocycles. The lowest BCUT2D eigenvalue weighted by Gasteiger charge is -2.36. The lowest BCUT2D eigenvalue weighted by Crippen LogP contribution is -2.43. The highest BCUT2D eigenvalue weighted by atomic mass is 16.4.